The topological polar surface area (TPSA) is 46.3 Å². The summed E-state index contributed by atoms with van der Waals surface area (Å²) in [4.78, 5) is 13.0. The summed E-state index contributed by atoms with van der Waals surface area (Å²) in [5, 5.41) is 0.350. The number of nitrogens with two attached hydrogens (primary N) is 1. The maximum absolute atomic E-state index is 10.6. The van der Waals surface area contributed by atoms with Crippen molar-refractivity contribution in [2.24, 2.45) is 5.73 Å². The number of thioether (sulfide) groups is 1. The van der Waals surface area contributed by atoms with Gasteiger partial charge < -0.3 is 10.6 Å². The molecule has 0 aromatic rings. The summed E-state index contributed by atoms with van der Waals surface area (Å²) in [5.41, 5.74) is 5.11. The van der Waals surface area contributed by atoms with Gasteiger partial charge in [-0.15, -0.1) is 0 Å². The average Bonchev–Trinajstić information content (AvgIpc) is 2.11. The van der Waals surface area contributed by atoms with Gasteiger partial charge in [0, 0.05) is 24.0 Å². The van der Waals surface area contributed by atoms with Crippen molar-refractivity contribution >= 4 is 17.7 Å². The summed E-state index contributed by atoms with van der Waals surface area (Å²) in [5.74, 6) is 0.878. The van der Waals surface area contributed by atoms with Crippen LogP contribution < -0.4 is 5.73 Å². The van der Waals surface area contributed by atoms with E-state index in [9.17, 15) is 4.79 Å². The molecule has 1 amide bonds. The smallest absolute Gasteiger partial charge is 0.218 e. The second-order valence-corrected chi connectivity index (χ2v) is 4.93. The van der Waals surface area contributed by atoms with E-state index in [0.717, 1.165) is 25.4 Å². The summed E-state index contributed by atoms with van der Waals surface area (Å²) in [6.07, 6.45) is 0.489. The third-order valence-corrected chi connectivity index (χ3v) is 3.35. The molecule has 0 aromatic heterocycles. The number of nitrogens with zero attached hydrogens (tertiary/aromatic N) is 1. The van der Waals surface area contributed by atoms with E-state index in [-0.39, 0.29) is 5.91 Å². The Morgan fingerprint density at radius 1 is 1.43 bits per heavy atom. The average molecular weight is 218 g/mol. The van der Waals surface area contributed by atoms with Crippen LogP contribution in [0.3, 0.4) is 0 Å². The second kappa shape index (κ2) is 8.12. The molecule has 1 atom stereocenters. The van der Waals surface area contributed by atoms with E-state index in [1.54, 1.807) is 0 Å². The molecule has 0 aliphatic carbocycles. The zero-order valence-corrected chi connectivity index (χ0v) is 10.3. The Morgan fingerprint density at radius 3 is 2.43 bits per heavy atom. The molecule has 2 N–H and O–H groups in total. The van der Waals surface area contributed by atoms with Crippen LogP contribution in [0.4, 0.5) is 0 Å². The van der Waals surface area contributed by atoms with E-state index in [1.807, 2.05) is 11.8 Å². The predicted molar refractivity (Wildman–Crippen MR) is 63.5 cm³/mol. The van der Waals surface area contributed by atoms with Crippen LogP contribution in [0.15, 0.2) is 0 Å². The van der Waals surface area contributed by atoms with Gasteiger partial charge in [0.15, 0.2) is 0 Å². The van der Waals surface area contributed by atoms with Gasteiger partial charge in [0.2, 0.25) is 5.91 Å². The number of primary amides is 1. The highest BCUT2D eigenvalue weighted by Crippen LogP contribution is 2.13. The van der Waals surface area contributed by atoms with Crippen LogP contribution in [0.1, 0.15) is 27.2 Å². The van der Waals surface area contributed by atoms with Crippen LogP contribution in [0.5, 0.6) is 0 Å². The number of amides is 1. The zero-order valence-electron chi connectivity index (χ0n) is 9.45. The fourth-order valence-corrected chi connectivity index (χ4v) is 2.31. The summed E-state index contributed by atoms with van der Waals surface area (Å²) in [6.45, 7) is 9.68. The molecule has 0 saturated heterocycles. The number of hydrogen-bond donors (Lipinski definition) is 1. The monoisotopic (exact) mass is 218 g/mol. The van der Waals surface area contributed by atoms with Gasteiger partial charge in [0.05, 0.1) is 0 Å². The standard InChI is InChI=1S/C10H22N2OS/c1-4-12(5-2)6-7-14-9(3)8-10(11)13/h9H,4-8H2,1-3H3,(H2,11,13). The molecule has 0 aromatic carbocycles. The molecule has 0 aliphatic rings. The lowest BCUT2D eigenvalue weighted by Gasteiger charge is -2.18. The minimum absolute atomic E-state index is 0.201. The molecular weight excluding hydrogens is 196 g/mol. The van der Waals surface area contributed by atoms with Gasteiger partial charge in [-0.2, -0.15) is 11.8 Å². The first-order valence-electron chi connectivity index (χ1n) is 5.22. The molecule has 1 unspecified atom stereocenters. The quantitative estimate of drug-likeness (QED) is 0.668. The first kappa shape index (κ1) is 13.8. The van der Waals surface area contributed by atoms with Crippen LogP contribution >= 0.6 is 11.8 Å². The van der Waals surface area contributed by atoms with Gasteiger partial charge in [0.25, 0.3) is 0 Å². The van der Waals surface area contributed by atoms with Gasteiger partial charge in [-0.1, -0.05) is 20.8 Å². The maximum atomic E-state index is 10.6. The van der Waals surface area contributed by atoms with E-state index >= 15 is 0 Å². The lowest BCUT2D eigenvalue weighted by atomic mass is 10.3. The molecule has 0 rings (SSSR count). The minimum Gasteiger partial charge on any atom is -0.370 e. The summed E-state index contributed by atoms with van der Waals surface area (Å²) < 4.78 is 0. The van der Waals surface area contributed by atoms with Crippen molar-refractivity contribution in [3.05, 3.63) is 0 Å². The van der Waals surface area contributed by atoms with E-state index in [1.165, 1.54) is 0 Å². The van der Waals surface area contributed by atoms with Gasteiger partial charge in [-0.3, -0.25) is 4.79 Å². The van der Waals surface area contributed by atoms with Crippen LogP contribution in [-0.2, 0) is 4.79 Å². The Hall–Kier alpha value is -0.220. The normalized spacial score (nSPS) is 13.1. The second-order valence-electron chi connectivity index (χ2n) is 3.38. The number of hydrogen-bond acceptors (Lipinski definition) is 3. The molecule has 0 radical (unpaired) electrons. The highest BCUT2D eigenvalue weighted by Gasteiger charge is 2.06. The number of carbonyl (C=O) groups is 1. The molecule has 0 heterocycles. The molecule has 0 fully saturated rings. The minimum atomic E-state index is -0.201. The van der Waals surface area contributed by atoms with Crippen molar-refractivity contribution in [1.82, 2.24) is 4.90 Å². The Balaban J connectivity index is 3.47. The lowest BCUT2D eigenvalue weighted by molar-refractivity contribution is -0.117. The summed E-state index contributed by atoms with van der Waals surface area (Å²) in [6, 6.07) is 0. The lowest BCUT2D eigenvalue weighted by Crippen LogP contribution is -2.26. The van der Waals surface area contributed by atoms with Crippen molar-refractivity contribution in [3.63, 3.8) is 0 Å². The van der Waals surface area contributed by atoms with Gasteiger partial charge >= 0.3 is 0 Å². The maximum Gasteiger partial charge on any atom is 0.218 e. The number of carbonyl (C=O) groups excluding carboxylic acids is 1. The van der Waals surface area contributed by atoms with E-state index in [0.29, 0.717) is 11.7 Å². The van der Waals surface area contributed by atoms with E-state index in [4.69, 9.17) is 5.73 Å². The van der Waals surface area contributed by atoms with Crippen molar-refractivity contribution in [2.45, 2.75) is 32.4 Å². The predicted octanol–water partition coefficient (Wildman–Crippen LogP) is 1.33. The highest BCUT2D eigenvalue weighted by molar-refractivity contribution is 7.99. The molecule has 14 heavy (non-hydrogen) atoms. The van der Waals surface area contributed by atoms with Crippen LogP contribution in [0, 0.1) is 0 Å². The van der Waals surface area contributed by atoms with Crippen LogP contribution in [0.2, 0.25) is 0 Å². The Kier molecular flexibility index (Phi) is 7.99. The van der Waals surface area contributed by atoms with Crippen molar-refractivity contribution in [2.75, 3.05) is 25.4 Å². The molecule has 3 nitrogen and oxygen atoms in total. The molecule has 0 aliphatic heterocycles. The fraction of sp³-hybridized carbons (Fsp3) is 0.900. The van der Waals surface area contributed by atoms with Crippen molar-refractivity contribution < 1.29 is 4.79 Å². The molecule has 0 bridgehead atoms. The van der Waals surface area contributed by atoms with Crippen molar-refractivity contribution in [1.29, 1.82) is 0 Å². The molecule has 4 heteroatoms. The van der Waals surface area contributed by atoms with Gasteiger partial charge in [0.1, 0.15) is 0 Å². The Labute approximate surface area is 91.4 Å². The Bertz CT molecular complexity index is 160. The van der Waals surface area contributed by atoms with Crippen LogP contribution in [-0.4, -0.2) is 41.4 Å². The molecule has 84 valence electrons. The first-order valence-corrected chi connectivity index (χ1v) is 6.27. The highest BCUT2D eigenvalue weighted by atomic mass is 32.2. The van der Waals surface area contributed by atoms with Crippen molar-refractivity contribution in [3.8, 4) is 0 Å². The zero-order chi connectivity index (χ0) is 11.0. The number of rotatable bonds is 8. The third kappa shape index (κ3) is 7.21. The molecular formula is C10H22N2OS. The SMILES string of the molecule is CCN(CC)CCSC(C)CC(N)=O. The summed E-state index contributed by atoms with van der Waals surface area (Å²) >= 11 is 1.82. The van der Waals surface area contributed by atoms with Crippen LogP contribution in [0.25, 0.3) is 0 Å². The van der Waals surface area contributed by atoms with E-state index < -0.39 is 0 Å². The van der Waals surface area contributed by atoms with E-state index in [2.05, 4.69) is 25.7 Å². The summed E-state index contributed by atoms with van der Waals surface area (Å²) in [7, 11) is 0. The van der Waals surface area contributed by atoms with Gasteiger partial charge in [-0.25, -0.2) is 0 Å². The first-order chi connectivity index (χ1) is 6.60. The molecule has 0 saturated carbocycles. The fourth-order valence-electron chi connectivity index (χ4n) is 1.27. The molecule has 0 spiro atoms. The Morgan fingerprint density at radius 2 is 2.00 bits per heavy atom. The van der Waals surface area contributed by atoms with Gasteiger partial charge in [-0.05, 0) is 13.1 Å². The largest absolute Gasteiger partial charge is 0.370 e. The third-order valence-electron chi connectivity index (χ3n) is 2.19.